The first-order valence-corrected chi connectivity index (χ1v) is 9.34. The molecule has 0 atom stereocenters. The minimum Gasteiger partial charge on any atom is -0.494 e. The zero-order valence-corrected chi connectivity index (χ0v) is 17.0. The van der Waals surface area contributed by atoms with Crippen LogP contribution in [0.25, 0.3) is 0 Å². The van der Waals surface area contributed by atoms with Gasteiger partial charge in [-0.15, -0.1) is 0 Å². The van der Waals surface area contributed by atoms with E-state index in [9.17, 15) is 4.79 Å². The molecule has 0 bridgehead atoms. The van der Waals surface area contributed by atoms with Crippen molar-refractivity contribution >= 4 is 23.2 Å². The summed E-state index contributed by atoms with van der Waals surface area (Å²) in [7, 11) is 0. The van der Waals surface area contributed by atoms with E-state index in [4.69, 9.17) is 16.3 Å². The van der Waals surface area contributed by atoms with Gasteiger partial charge in [0.1, 0.15) is 5.75 Å². The number of benzene rings is 2. The zero-order chi connectivity index (χ0) is 19.3. The molecule has 0 saturated carbocycles. The highest BCUT2D eigenvalue weighted by Gasteiger charge is 2.13. The number of hydrogen-bond donors (Lipinski definition) is 1. The number of rotatable bonds is 6. The maximum absolute atomic E-state index is 12.1. The summed E-state index contributed by atoms with van der Waals surface area (Å²) in [4.78, 5) is 12.1. The number of carbonyl (C=O) groups is 1. The first-order valence-electron chi connectivity index (χ1n) is 8.97. The number of halogens is 1. The van der Waals surface area contributed by atoms with Gasteiger partial charge in [0.05, 0.1) is 17.3 Å². The minimum absolute atomic E-state index is 0.0504. The summed E-state index contributed by atoms with van der Waals surface area (Å²) >= 11 is 6.23. The molecule has 2 rings (SSSR count). The maximum Gasteiger partial charge on any atom is 0.224 e. The summed E-state index contributed by atoms with van der Waals surface area (Å²) in [6, 6.07) is 12.0. The molecule has 0 fully saturated rings. The molecule has 140 valence electrons. The van der Waals surface area contributed by atoms with Crippen LogP contribution in [0.3, 0.4) is 0 Å². The van der Waals surface area contributed by atoms with Crippen molar-refractivity contribution in [2.45, 2.75) is 52.9 Å². The van der Waals surface area contributed by atoms with Crippen molar-refractivity contribution in [3.63, 3.8) is 0 Å². The van der Waals surface area contributed by atoms with E-state index in [1.54, 1.807) is 0 Å². The Balaban J connectivity index is 1.79. The molecule has 0 aromatic heterocycles. The second-order valence-electron chi connectivity index (χ2n) is 7.71. The van der Waals surface area contributed by atoms with Gasteiger partial charge in [0.25, 0.3) is 0 Å². The van der Waals surface area contributed by atoms with E-state index in [-0.39, 0.29) is 11.3 Å². The highest BCUT2D eigenvalue weighted by molar-refractivity contribution is 6.34. The molecule has 2 aromatic carbocycles. The number of anilines is 1. The van der Waals surface area contributed by atoms with Crippen molar-refractivity contribution in [1.82, 2.24) is 0 Å². The molecule has 3 nitrogen and oxygen atoms in total. The first kappa shape index (κ1) is 20.3. The van der Waals surface area contributed by atoms with Gasteiger partial charge in [0.15, 0.2) is 0 Å². The third-order valence-corrected chi connectivity index (χ3v) is 4.53. The molecule has 0 aliphatic heterocycles. The highest BCUT2D eigenvalue weighted by atomic mass is 35.5. The minimum atomic E-state index is -0.0504. The molecule has 0 heterocycles. The van der Waals surface area contributed by atoms with Crippen LogP contribution in [0, 0.1) is 13.8 Å². The van der Waals surface area contributed by atoms with E-state index in [1.807, 2.05) is 38.1 Å². The molecule has 0 aliphatic carbocycles. The van der Waals surface area contributed by atoms with Gasteiger partial charge in [-0.3, -0.25) is 4.79 Å². The Bertz CT molecular complexity index is 738. The molecule has 0 radical (unpaired) electrons. The first-order chi connectivity index (χ1) is 12.2. The fraction of sp³-hybridized carbons (Fsp3) is 0.409. The Morgan fingerprint density at radius 3 is 2.35 bits per heavy atom. The highest BCUT2D eigenvalue weighted by Crippen LogP contribution is 2.27. The quantitative estimate of drug-likeness (QED) is 0.625. The third-order valence-electron chi connectivity index (χ3n) is 4.23. The molecule has 2 aromatic rings. The predicted octanol–water partition coefficient (Wildman–Crippen LogP) is 6.05. The van der Waals surface area contributed by atoms with Gasteiger partial charge in [0.2, 0.25) is 5.91 Å². The van der Waals surface area contributed by atoms with Gasteiger partial charge >= 0.3 is 0 Å². The number of aryl methyl sites for hydroxylation is 2. The van der Waals surface area contributed by atoms with Gasteiger partial charge in [-0.25, -0.2) is 0 Å². The Labute approximate surface area is 161 Å². The SMILES string of the molecule is Cc1cc(C)c(NC(=O)CCCOc2ccc(C(C)(C)C)cc2)c(Cl)c1. The number of nitrogens with one attached hydrogen (secondary N) is 1. The van der Waals surface area contributed by atoms with Gasteiger partial charge in [-0.05, 0) is 60.6 Å². The van der Waals surface area contributed by atoms with Gasteiger partial charge in [0, 0.05) is 6.42 Å². The van der Waals surface area contributed by atoms with Crippen molar-refractivity contribution in [1.29, 1.82) is 0 Å². The van der Waals surface area contributed by atoms with E-state index in [1.165, 1.54) is 5.56 Å². The average Bonchev–Trinajstić information content (AvgIpc) is 2.54. The van der Waals surface area contributed by atoms with Crippen molar-refractivity contribution in [2.24, 2.45) is 0 Å². The molecule has 1 amide bonds. The second-order valence-corrected chi connectivity index (χ2v) is 8.12. The monoisotopic (exact) mass is 373 g/mol. The fourth-order valence-electron chi connectivity index (χ4n) is 2.75. The van der Waals surface area contributed by atoms with E-state index in [2.05, 4.69) is 38.2 Å². The molecule has 0 saturated heterocycles. The van der Waals surface area contributed by atoms with Crippen LogP contribution in [0.5, 0.6) is 5.75 Å². The van der Waals surface area contributed by atoms with Crippen molar-refractivity contribution in [2.75, 3.05) is 11.9 Å². The van der Waals surface area contributed by atoms with Crippen molar-refractivity contribution < 1.29 is 9.53 Å². The van der Waals surface area contributed by atoms with E-state index < -0.39 is 0 Å². The van der Waals surface area contributed by atoms with Crippen LogP contribution >= 0.6 is 11.6 Å². The Hall–Kier alpha value is -2.00. The molecular formula is C22H28ClNO2. The molecule has 1 N–H and O–H groups in total. The Kier molecular flexibility index (Phi) is 6.71. The largest absolute Gasteiger partial charge is 0.494 e. The maximum atomic E-state index is 12.1. The summed E-state index contributed by atoms with van der Waals surface area (Å²) < 4.78 is 5.73. The smallest absolute Gasteiger partial charge is 0.224 e. The zero-order valence-electron chi connectivity index (χ0n) is 16.3. The summed E-state index contributed by atoms with van der Waals surface area (Å²) in [5.74, 6) is 0.779. The summed E-state index contributed by atoms with van der Waals surface area (Å²) in [5, 5.41) is 3.48. The molecule has 0 aliphatic rings. The summed E-state index contributed by atoms with van der Waals surface area (Å²) in [6.45, 7) is 11.0. The number of carbonyl (C=O) groups excluding carboxylic acids is 1. The summed E-state index contributed by atoms with van der Waals surface area (Å²) in [6.07, 6.45) is 1.04. The van der Waals surface area contributed by atoms with Crippen LogP contribution in [0.4, 0.5) is 5.69 Å². The van der Waals surface area contributed by atoms with Crippen LogP contribution in [0.1, 0.15) is 50.3 Å². The van der Waals surface area contributed by atoms with Gasteiger partial charge in [-0.1, -0.05) is 50.6 Å². The van der Waals surface area contributed by atoms with Gasteiger partial charge < -0.3 is 10.1 Å². The fourth-order valence-corrected chi connectivity index (χ4v) is 3.12. The standard InChI is InChI=1S/C22H28ClNO2/c1-15-13-16(2)21(19(23)14-15)24-20(25)7-6-12-26-18-10-8-17(9-11-18)22(3,4)5/h8-11,13-14H,6-7,12H2,1-5H3,(H,24,25). The normalized spacial score (nSPS) is 11.3. The lowest BCUT2D eigenvalue weighted by Gasteiger charge is -2.19. The lowest BCUT2D eigenvalue weighted by atomic mass is 9.87. The van der Waals surface area contributed by atoms with Crippen LogP contribution < -0.4 is 10.1 Å². The third kappa shape index (κ3) is 5.77. The van der Waals surface area contributed by atoms with Gasteiger partial charge in [-0.2, -0.15) is 0 Å². The number of amides is 1. The van der Waals surface area contributed by atoms with E-state index in [0.717, 1.165) is 16.9 Å². The van der Waals surface area contributed by atoms with Crippen LogP contribution in [-0.2, 0) is 10.2 Å². The summed E-state index contributed by atoms with van der Waals surface area (Å²) in [5.41, 5.74) is 4.15. The second kappa shape index (κ2) is 8.59. The molecule has 26 heavy (non-hydrogen) atoms. The lowest BCUT2D eigenvalue weighted by molar-refractivity contribution is -0.116. The number of hydrogen-bond acceptors (Lipinski definition) is 2. The Morgan fingerprint density at radius 2 is 1.77 bits per heavy atom. The van der Waals surface area contributed by atoms with Crippen LogP contribution in [0.15, 0.2) is 36.4 Å². The molecule has 4 heteroatoms. The predicted molar refractivity (Wildman–Crippen MR) is 109 cm³/mol. The van der Waals surface area contributed by atoms with Crippen LogP contribution in [-0.4, -0.2) is 12.5 Å². The average molecular weight is 374 g/mol. The Morgan fingerprint density at radius 1 is 1.12 bits per heavy atom. The molecule has 0 spiro atoms. The van der Waals surface area contributed by atoms with Crippen LogP contribution in [0.2, 0.25) is 5.02 Å². The van der Waals surface area contributed by atoms with Crippen molar-refractivity contribution in [3.8, 4) is 5.75 Å². The number of ether oxygens (including phenoxy) is 1. The van der Waals surface area contributed by atoms with E-state index >= 15 is 0 Å². The van der Waals surface area contributed by atoms with Crippen molar-refractivity contribution in [3.05, 3.63) is 58.1 Å². The molecular weight excluding hydrogens is 346 g/mol. The lowest BCUT2D eigenvalue weighted by Crippen LogP contribution is -2.14. The topological polar surface area (TPSA) is 38.3 Å². The molecule has 0 unspecified atom stereocenters. The van der Waals surface area contributed by atoms with E-state index in [0.29, 0.717) is 30.2 Å².